The van der Waals surface area contributed by atoms with Gasteiger partial charge in [0.1, 0.15) is 23.2 Å². The average molecular weight is 410 g/mol. The van der Waals surface area contributed by atoms with Crippen molar-refractivity contribution >= 4 is 5.82 Å². The van der Waals surface area contributed by atoms with Gasteiger partial charge in [-0.05, 0) is 43.5 Å². The molecule has 0 aliphatic rings. The Morgan fingerprint density at radius 1 is 1.03 bits per heavy atom. The molecule has 7 nitrogen and oxygen atoms in total. The number of nitrogen functional groups attached to an aromatic ring is 1. The molecule has 2 N–H and O–H groups in total. The quantitative estimate of drug-likeness (QED) is 0.509. The maximum absolute atomic E-state index is 9.48. The SMILES string of the molecule is CCc1nn(-c2cc(Oc3cc(C)cc(C)c3)nc(-c3ccccc3)n2)c(N)c1C#N. The van der Waals surface area contributed by atoms with E-state index in [1.54, 1.807) is 6.07 Å². The number of ether oxygens (including phenoxy) is 1. The largest absolute Gasteiger partial charge is 0.439 e. The molecule has 0 radical (unpaired) electrons. The van der Waals surface area contributed by atoms with Gasteiger partial charge < -0.3 is 10.5 Å². The van der Waals surface area contributed by atoms with E-state index in [4.69, 9.17) is 10.5 Å². The van der Waals surface area contributed by atoms with Crippen LogP contribution in [-0.4, -0.2) is 19.7 Å². The fraction of sp³-hybridized carbons (Fsp3) is 0.167. The van der Waals surface area contributed by atoms with Crippen LogP contribution in [0, 0.1) is 25.2 Å². The van der Waals surface area contributed by atoms with Gasteiger partial charge >= 0.3 is 0 Å². The van der Waals surface area contributed by atoms with Crippen LogP contribution >= 0.6 is 0 Å². The van der Waals surface area contributed by atoms with Gasteiger partial charge in [0.25, 0.3) is 0 Å². The highest BCUT2D eigenvalue weighted by Gasteiger charge is 2.18. The van der Waals surface area contributed by atoms with Gasteiger partial charge in [0.05, 0.1) is 5.69 Å². The first-order valence-electron chi connectivity index (χ1n) is 9.97. The molecule has 4 rings (SSSR count). The summed E-state index contributed by atoms with van der Waals surface area (Å²) in [5.74, 6) is 2.20. The van der Waals surface area contributed by atoms with Crippen LogP contribution in [-0.2, 0) is 6.42 Å². The number of hydrogen-bond acceptors (Lipinski definition) is 6. The normalized spacial score (nSPS) is 10.6. The van der Waals surface area contributed by atoms with Crippen LogP contribution in [0.3, 0.4) is 0 Å². The Kier molecular flexibility index (Phi) is 5.37. The molecule has 154 valence electrons. The van der Waals surface area contributed by atoms with Crippen molar-refractivity contribution in [3.63, 3.8) is 0 Å². The van der Waals surface area contributed by atoms with Crippen LogP contribution in [0.1, 0.15) is 29.3 Å². The first kappa shape index (κ1) is 20.1. The van der Waals surface area contributed by atoms with E-state index in [0.717, 1.165) is 16.7 Å². The molecule has 7 heteroatoms. The second-order valence-electron chi connectivity index (χ2n) is 7.26. The highest BCUT2D eigenvalue weighted by molar-refractivity contribution is 5.59. The maximum Gasteiger partial charge on any atom is 0.225 e. The maximum atomic E-state index is 9.48. The summed E-state index contributed by atoms with van der Waals surface area (Å²) in [6.45, 7) is 5.96. The number of aromatic nitrogens is 4. The monoisotopic (exact) mass is 410 g/mol. The highest BCUT2D eigenvalue weighted by atomic mass is 16.5. The summed E-state index contributed by atoms with van der Waals surface area (Å²) in [5.41, 5.74) is 10.2. The van der Waals surface area contributed by atoms with E-state index in [1.165, 1.54) is 4.68 Å². The lowest BCUT2D eigenvalue weighted by Gasteiger charge is -2.11. The number of nitrogens with zero attached hydrogens (tertiary/aromatic N) is 5. The van der Waals surface area contributed by atoms with Crippen molar-refractivity contribution in [3.8, 4) is 34.9 Å². The lowest BCUT2D eigenvalue weighted by atomic mass is 10.1. The Bertz CT molecular complexity index is 1270. The minimum Gasteiger partial charge on any atom is -0.439 e. The second kappa shape index (κ2) is 8.28. The van der Waals surface area contributed by atoms with Crippen LogP contribution < -0.4 is 10.5 Å². The summed E-state index contributed by atoms with van der Waals surface area (Å²) in [5, 5.41) is 14.0. The molecule has 31 heavy (non-hydrogen) atoms. The van der Waals surface area contributed by atoms with Crippen LogP contribution in [0.4, 0.5) is 5.82 Å². The molecule has 0 fully saturated rings. The van der Waals surface area contributed by atoms with E-state index in [0.29, 0.717) is 40.9 Å². The van der Waals surface area contributed by atoms with Crippen molar-refractivity contribution in [2.24, 2.45) is 0 Å². The first-order chi connectivity index (χ1) is 15.0. The summed E-state index contributed by atoms with van der Waals surface area (Å²) < 4.78 is 7.57. The van der Waals surface area contributed by atoms with E-state index in [2.05, 4.69) is 27.2 Å². The molecular formula is C24H22N6O. The van der Waals surface area contributed by atoms with Crippen molar-refractivity contribution in [2.45, 2.75) is 27.2 Å². The Balaban J connectivity index is 1.87. The Morgan fingerprint density at radius 3 is 2.35 bits per heavy atom. The molecule has 4 aromatic rings. The van der Waals surface area contributed by atoms with Crippen molar-refractivity contribution in [1.82, 2.24) is 19.7 Å². The zero-order valence-corrected chi connectivity index (χ0v) is 17.6. The summed E-state index contributed by atoms with van der Waals surface area (Å²) >= 11 is 0. The summed E-state index contributed by atoms with van der Waals surface area (Å²) in [4.78, 5) is 9.26. The third kappa shape index (κ3) is 4.09. The third-order valence-electron chi connectivity index (χ3n) is 4.80. The fourth-order valence-electron chi connectivity index (χ4n) is 3.42. The predicted octanol–water partition coefficient (Wildman–Crippen LogP) is 4.75. The van der Waals surface area contributed by atoms with Crippen molar-refractivity contribution in [3.05, 3.63) is 77.0 Å². The molecule has 0 unspecified atom stereocenters. The summed E-state index contributed by atoms with van der Waals surface area (Å²) in [7, 11) is 0. The van der Waals surface area contributed by atoms with Gasteiger partial charge in [0, 0.05) is 11.6 Å². The number of nitrogens with two attached hydrogens (primary N) is 1. The number of nitriles is 1. The standard InChI is InChI=1S/C24H22N6O/c1-4-20-19(14-25)23(26)30(29-20)21-13-22(31-18-11-15(2)10-16(3)12-18)28-24(27-21)17-8-6-5-7-9-17/h5-13H,4,26H2,1-3H3. The third-order valence-corrected chi connectivity index (χ3v) is 4.80. The Hall–Kier alpha value is -4.18. The minimum absolute atomic E-state index is 0.245. The van der Waals surface area contributed by atoms with E-state index >= 15 is 0 Å². The van der Waals surface area contributed by atoms with E-state index in [9.17, 15) is 5.26 Å². The van der Waals surface area contributed by atoms with Crippen molar-refractivity contribution in [2.75, 3.05) is 5.73 Å². The topological polar surface area (TPSA) is 103 Å². The van der Waals surface area contributed by atoms with Gasteiger partial charge in [-0.15, -0.1) is 0 Å². The van der Waals surface area contributed by atoms with E-state index in [1.807, 2.05) is 63.2 Å². The number of hydrogen-bond donors (Lipinski definition) is 1. The van der Waals surface area contributed by atoms with Gasteiger partial charge in [0.15, 0.2) is 11.6 Å². The molecule has 0 saturated heterocycles. The number of rotatable bonds is 5. The smallest absolute Gasteiger partial charge is 0.225 e. The molecule has 2 aromatic heterocycles. The van der Waals surface area contributed by atoms with Gasteiger partial charge in [-0.3, -0.25) is 0 Å². The van der Waals surface area contributed by atoms with Crippen molar-refractivity contribution in [1.29, 1.82) is 5.26 Å². The second-order valence-corrected chi connectivity index (χ2v) is 7.26. The first-order valence-corrected chi connectivity index (χ1v) is 9.97. The molecule has 0 aliphatic carbocycles. The Morgan fingerprint density at radius 2 is 1.74 bits per heavy atom. The number of anilines is 1. The zero-order chi connectivity index (χ0) is 22.0. The van der Waals surface area contributed by atoms with E-state index < -0.39 is 0 Å². The molecule has 0 aliphatic heterocycles. The lowest BCUT2D eigenvalue weighted by Crippen LogP contribution is -2.07. The zero-order valence-electron chi connectivity index (χ0n) is 17.6. The molecule has 0 bridgehead atoms. The number of aryl methyl sites for hydroxylation is 3. The molecule has 0 atom stereocenters. The molecular weight excluding hydrogens is 388 g/mol. The van der Waals surface area contributed by atoms with Gasteiger partial charge in [-0.25, -0.2) is 4.98 Å². The predicted molar refractivity (Wildman–Crippen MR) is 119 cm³/mol. The van der Waals surface area contributed by atoms with Gasteiger partial charge in [-0.1, -0.05) is 43.3 Å². The highest BCUT2D eigenvalue weighted by Crippen LogP contribution is 2.28. The van der Waals surface area contributed by atoms with Gasteiger partial charge in [0.2, 0.25) is 5.88 Å². The fourth-order valence-corrected chi connectivity index (χ4v) is 3.42. The molecule has 0 spiro atoms. The summed E-state index contributed by atoms with van der Waals surface area (Å²) in [6.07, 6.45) is 0.586. The average Bonchev–Trinajstić information content (AvgIpc) is 3.09. The minimum atomic E-state index is 0.245. The van der Waals surface area contributed by atoms with Crippen molar-refractivity contribution < 1.29 is 4.74 Å². The molecule has 2 aromatic carbocycles. The van der Waals surface area contributed by atoms with Crippen LogP contribution in [0.5, 0.6) is 11.6 Å². The molecule has 2 heterocycles. The summed E-state index contributed by atoms with van der Waals surface area (Å²) in [6, 6.07) is 19.4. The van der Waals surface area contributed by atoms with Crippen LogP contribution in [0.2, 0.25) is 0 Å². The molecule has 0 amide bonds. The van der Waals surface area contributed by atoms with Crippen LogP contribution in [0.25, 0.3) is 17.2 Å². The Labute approximate surface area is 180 Å². The molecule has 0 saturated carbocycles. The number of benzene rings is 2. The lowest BCUT2D eigenvalue weighted by molar-refractivity contribution is 0.461. The van der Waals surface area contributed by atoms with Gasteiger partial charge in [-0.2, -0.15) is 20.0 Å². The van der Waals surface area contributed by atoms with E-state index in [-0.39, 0.29) is 5.82 Å². The van der Waals surface area contributed by atoms with Crippen LogP contribution in [0.15, 0.2) is 54.6 Å².